The maximum atomic E-state index is 12.9. The third kappa shape index (κ3) is 3.60. The minimum absolute atomic E-state index is 0.268. The Balaban J connectivity index is 1.60. The quantitative estimate of drug-likeness (QED) is 0.730. The highest BCUT2D eigenvalue weighted by molar-refractivity contribution is 5.75. The molecular weight excluding hydrogens is 307 g/mol. The van der Waals surface area contributed by atoms with Crippen LogP contribution in [0.15, 0.2) is 42.7 Å². The minimum Gasteiger partial charge on any atom is -0.387 e. The molecule has 0 aliphatic carbocycles. The lowest BCUT2D eigenvalue weighted by Crippen LogP contribution is -2.21. The molecule has 1 aromatic carbocycles. The molecule has 3 aromatic rings. The summed E-state index contributed by atoms with van der Waals surface area (Å²) in [4.78, 5) is 4.48. The largest absolute Gasteiger partial charge is 0.387 e. The summed E-state index contributed by atoms with van der Waals surface area (Å²) >= 11 is 0. The van der Waals surface area contributed by atoms with Crippen LogP contribution in [0.1, 0.15) is 37.1 Å². The maximum absolute atomic E-state index is 12.9. The fourth-order valence-corrected chi connectivity index (χ4v) is 2.62. The number of hydrogen-bond acceptors (Lipinski definition) is 4. The highest BCUT2D eigenvalue weighted by atomic mass is 19.1. The number of aromatic nitrogens is 3. The number of rotatable bonds is 6. The predicted molar refractivity (Wildman–Crippen MR) is 91.0 cm³/mol. The van der Waals surface area contributed by atoms with E-state index in [2.05, 4.69) is 29.2 Å². The lowest BCUT2D eigenvalue weighted by molar-refractivity contribution is 0.174. The van der Waals surface area contributed by atoms with Crippen LogP contribution in [0.25, 0.3) is 11.0 Å². The third-order valence-corrected chi connectivity index (χ3v) is 3.90. The van der Waals surface area contributed by atoms with E-state index in [1.54, 1.807) is 12.1 Å². The Hall–Kier alpha value is -2.31. The van der Waals surface area contributed by atoms with Crippen LogP contribution in [0.4, 0.5) is 4.39 Å². The first-order chi connectivity index (χ1) is 11.5. The lowest BCUT2D eigenvalue weighted by atomic mass is 10.1. The van der Waals surface area contributed by atoms with E-state index in [0.717, 1.165) is 16.6 Å². The number of aliphatic hydroxyl groups excluding tert-OH is 1. The smallest absolute Gasteiger partial charge is 0.157 e. The van der Waals surface area contributed by atoms with Crippen molar-refractivity contribution in [1.82, 2.24) is 20.1 Å². The molecule has 126 valence electrons. The van der Waals surface area contributed by atoms with Gasteiger partial charge in [0.2, 0.25) is 0 Å². The van der Waals surface area contributed by atoms with Crippen LogP contribution in [0, 0.1) is 5.82 Å². The number of pyridine rings is 1. The van der Waals surface area contributed by atoms with E-state index < -0.39 is 6.10 Å². The van der Waals surface area contributed by atoms with Gasteiger partial charge in [-0.25, -0.2) is 14.1 Å². The first-order valence-electron chi connectivity index (χ1n) is 8.01. The van der Waals surface area contributed by atoms with E-state index in [9.17, 15) is 9.50 Å². The number of nitrogens with zero attached hydrogens (tertiary/aromatic N) is 3. The fraction of sp³-hybridized carbons (Fsp3) is 0.333. The third-order valence-electron chi connectivity index (χ3n) is 3.90. The second-order valence-electron chi connectivity index (χ2n) is 6.14. The molecule has 1 unspecified atom stereocenters. The van der Waals surface area contributed by atoms with Crippen molar-refractivity contribution < 1.29 is 9.50 Å². The van der Waals surface area contributed by atoms with Crippen molar-refractivity contribution in [2.24, 2.45) is 0 Å². The van der Waals surface area contributed by atoms with Crippen molar-refractivity contribution in [3.63, 3.8) is 0 Å². The van der Waals surface area contributed by atoms with Gasteiger partial charge >= 0.3 is 0 Å². The van der Waals surface area contributed by atoms with E-state index >= 15 is 0 Å². The van der Waals surface area contributed by atoms with Crippen molar-refractivity contribution in [3.05, 3.63) is 59.7 Å². The molecule has 6 heteroatoms. The van der Waals surface area contributed by atoms with Crippen LogP contribution in [0.3, 0.4) is 0 Å². The molecule has 3 rings (SSSR count). The molecule has 0 aliphatic rings. The highest BCUT2D eigenvalue weighted by Gasteiger charge is 2.09. The van der Waals surface area contributed by atoms with Crippen LogP contribution in [-0.2, 0) is 6.54 Å². The normalized spacial score (nSPS) is 12.9. The van der Waals surface area contributed by atoms with Gasteiger partial charge in [0.25, 0.3) is 0 Å². The number of fused-ring (bicyclic) bond motifs is 1. The van der Waals surface area contributed by atoms with Crippen LogP contribution < -0.4 is 5.32 Å². The summed E-state index contributed by atoms with van der Waals surface area (Å²) in [6, 6.07) is 8.20. The van der Waals surface area contributed by atoms with Gasteiger partial charge in [0.1, 0.15) is 5.82 Å². The molecular formula is C18H21FN4O. The van der Waals surface area contributed by atoms with Crippen molar-refractivity contribution >= 4 is 11.0 Å². The summed E-state index contributed by atoms with van der Waals surface area (Å²) in [6.45, 7) is 5.11. The number of nitrogens with one attached hydrogen (secondary N) is 1. The number of benzene rings is 1. The van der Waals surface area contributed by atoms with Gasteiger partial charge in [-0.3, -0.25) is 0 Å². The van der Waals surface area contributed by atoms with Crippen molar-refractivity contribution in [3.8, 4) is 0 Å². The molecule has 0 aliphatic heterocycles. The van der Waals surface area contributed by atoms with Crippen LogP contribution in [0.2, 0.25) is 0 Å². The molecule has 0 saturated carbocycles. The number of aliphatic hydroxyl groups is 1. The molecule has 2 N–H and O–H groups in total. The minimum atomic E-state index is -0.675. The molecule has 1 atom stereocenters. The van der Waals surface area contributed by atoms with E-state index in [1.165, 1.54) is 12.1 Å². The van der Waals surface area contributed by atoms with E-state index in [4.69, 9.17) is 0 Å². The van der Waals surface area contributed by atoms with E-state index in [-0.39, 0.29) is 11.9 Å². The van der Waals surface area contributed by atoms with Crippen molar-refractivity contribution in [2.75, 3.05) is 6.54 Å². The van der Waals surface area contributed by atoms with Crippen LogP contribution >= 0.6 is 0 Å². The first-order valence-corrected chi connectivity index (χ1v) is 8.01. The van der Waals surface area contributed by atoms with Gasteiger partial charge in [-0.1, -0.05) is 12.1 Å². The zero-order valence-electron chi connectivity index (χ0n) is 13.8. The maximum Gasteiger partial charge on any atom is 0.157 e. The predicted octanol–water partition coefficient (Wildman–Crippen LogP) is 2.97. The first kappa shape index (κ1) is 16.5. The van der Waals surface area contributed by atoms with E-state index in [0.29, 0.717) is 18.7 Å². The van der Waals surface area contributed by atoms with Crippen LogP contribution in [-0.4, -0.2) is 26.4 Å². The molecule has 2 heterocycles. The Kier molecular flexibility index (Phi) is 4.87. The zero-order chi connectivity index (χ0) is 17.1. The number of halogens is 1. The molecule has 5 nitrogen and oxygen atoms in total. The zero-order valence-corrected chi connectivity index (χ0v) is 13.8. The summed E-state index contributed by atoms with van der Waals surface area (Å²) in [5.74, 6) is -0.305. The SMILES string of the molecule is CC(C)n1ncc2cc(CNCC(O)c3ccc(F)cc3)cnc21. The average molecular weight is 328 g/mol. The summed E-state index contributed by atoms with van der Waals surface area (Å²) in [6.07, 6.45) is 2.96. The Morgan fingerprint density at radius 3 is 2.67 bits per heavy atom. The Bertz CT molecular complexity index is 814. The van der Waals surface area contributed by atoms with Gasteiger partial charge in [-0.05, 0) is 43.2 Å². The molecule has 0 amide bonds. The van der Waals surface area contributed by atoms with Gasteiger partial charge in [-0.2, -0.15) is 5.10 Å². The lowest BCUT2D eigenvalue weighted by Gasteiger charge is -2.12. The van der Waals surface area contributed by atoms with Crippen LogP contribution in [0.5, 0.6) is 0 Å². The average Bonchev–Trinajstić information content (AvgIpc) is 2.99. The summed E-state index contributed by atoms with van der Waals surface area (Å²) in [5.41, 5.74) is 2.59. The molecule has 0 bridgehead atoms. The van der Waals surface area contributed by atoms with E-state index in [1.807, 2.05) is 23.1 Å². The fourth-order valence-electron chi connectivity index (χ4n) is 2.62. The summed E-state index contributed by atoms with van der Waals surface area (Å²) in [7, 11) is 0. The van der Waals surface area contributed by atoms with Crippen molar-refractivity contribution in [2.45, 2.75) is 32.5 Å². The Labute approximate surface area is 140 Å². The summed E-state index contributed by atoms with van der Waals surface area (Å²) < 4.78 is 14.8. The van der Waals surface area contributed by atoms with Gasteiger partial charge in [0.05, 0.1) is 12.3 Å². The van der Waals surface area contributed by atoms with Gasteiger partial charge < -0.3 is 10.4 Å². The Morgan fingerprint density at radius 1 is 1.21 bits per heavy atom. The standard InChI is InChI=1S/C18H21FN4O/c1-12(2)23-18-15(10-22-23)7-13(9-21-18)8-20-11-17(24)14-3-5-16(19)6-4-14/h3-7,9-10,12,17,20,24H,8,11H2,1-2H3. The number of hydrogen-bond donors (Lipinski definition) is 2. The molecule has 24 heavy (non-hydrogen) atoms. The summed E-state index contributed by atoms with van der Waals surface area (Å²) in [5, 5.41) is 18.7. The van der Waals surface area contributed by atoms with Gasteiger partial charge in [0, 0.05) is 30.7 Å². The Morgan fingerprint density at radius 2 is 1.96 bits per heavy atom. The van der Waals surface area contributed by atoms with Gasteiger partial charge in [0.15, 0.2) is 5.65 Å². The second-order valence-corrected chi connectivity index (χ2v) is 6.14. The van der Waals surface area contributed by atoms with Crippen molar-refractivity contribution in [1.29, 1.82) is 0 Å². The molecule has 0 fully saturated rings. The monoisotopic (exact) mass is 328 g/mol. The highest BCUT2D eigenvalue weighted by Crippen LogP contribution is 2.17. The topological polar surface area (TPSA) is 63.0 Å². The van der Waals surface area contributed by atoms with Gasteiger partial charge in [-0.15, -0.1) is 0 Å². The molecule has 0 saturated heterocycles. The molecule has 2 aromatic heterocycles. The second kappa shape index (κ2) is 7.07. The molecule has 0 spiro atoms. The molecule has 0 radical (unpaired) electrons.